The average Bonchev–Trinajstić information content (AvgIpc) is 3.34. The van der Waals surface area contributed by atoms with Gasteiger partial charge < -0.3 is 29.6 Å². The van der Waals surface area contributed by atoms with Crippen LogP contribution in [0.3, 0.4) is 0 Å². The number of esters is 1. The van der Waals surface area contributed by atoms with E-state index in [1.54, 1.807) is 38.6 Å². The van der Waals surface area contributed by atoms with Crippen molar-refractivity contribution in [2.45, 2.75) is 130 Å². The maximum absolute atomic E-state index is 14.5. The van der Waals surface area contributed by atoms with Crippen molar-refractivity contribution in [3.05, 3.63) is 12.7 Å². The van der Waals surface area contributed by atoms with Gasteiger partial charge >= 0.3 is 5.97 Å². The van der Waals surface area contributed by atoms with E-state index < -0.39 is 36.9 Å². The van der Waals surface area contributed by atoms with E-state index in [4.69, 9.17) is 19.9 Å². The van der Waals surface area contributed by atoms with Crippen molar-refractivity contribution in [1.82, 2.24) is 29.7 Å². The van der Waals surface area contributed by atoms with Crippen LogP contribution < -0.4 is 15.9 Å². The first-order valence-electron chi connectivity index (χ1n) is 15.4. The lowest BCUT2D eigenvalue weighted by molar-refractivity contribution is -0.149. The highest BCUT2D eigenvalue weighted by Crippen LogP contribution is 2.42. The van der Waals surface area contributed by atoms with E-state index in [-0.39, 0.29) is 18.8 Å². The summed E-state index contributed by atoms with van der Waals surface area (Å²) in [5, 5.41) is 16.9. The number of aromatic nitrogens is 4. The summed E-state index contributed by atoms with van der Waals surface area (Å²) in [5.41, 5.74) is 4.50. The lowest BCUT2D eigenvalue weighted by Crippen LogP contribution is -2.55. The van der Waals surface area contributed by atoms with Gasteiger partial charge in [-0.1, -0.05) is 52.4 Å². The van der Waals surface area contributed by atoms with Crippen LogP contribution in [0.1, 0.15) is 99.8 Å². The zero-order valence-corrected chi connectivity index (χ0v) is 28.0. The first-order valence-corrected chi connectivity index (χ1v) is 17.3. The third-order valence-electron chi connectivity index (χ3n) is 6.99. The molecule has 3 atom stereocenters. The number of ether oxygens (including phenoxy) is 3. The number of fused-ring (bicyclic) bond motifs is 1. The molecule has 2 unspecified atom stereocenters. The first kappa shape index (κ1) is 37.0. The maximum atomic E-state index is 14.5. The quantitative estimate of drug-likeness (QED) is 0.0611. The summed E-state index contributed by atoms with van der Waals surface area (Å²) in [6.07, 6.45) is 8.90. The number of unbranched alkanes of at least 4 members (excludes halogenated alkanes) is 6. The third kappa shape index (κ3) is 12.0. The number of nitrogens with one attached hydrogen (secondary N) is 2. The van der Waals surface area contributed by atoms with Crippen LogP contribution in [0, 0.1) is 0 Å². The van der Waals surface area contributed by atoms with E-state index in [1.807, 2.05) is 6.92 Å². The van der Waals surface area contributed by atoms with Gasteiger partial charge in [0, 0.05) is 6.61 Å². The molecule has 0 aliphatic heterocycles. The number of aliphatic hydroxyl groups is 1. The molecule has 0 fully saturated rings. The van der Waals surface area contributed by atoms with Crippen molar-refractivity contribution in [2.24, 2.45) is 0 Å². The topological polar surface area (TPSA) is 176 Å². The fourth-order valence-electron chi connectivity index (χ4n) is 4.51. The molecule has 0 radical (unpaired) electrons. The number of hydrogen-bond donors (Lipinski definition) is 4. The van der Waals surface area contributed by atoms with E-state index in [0.717, 1.165) is 51.4 Å². The Morgan fingerprint density at radius 3 is 2.30 bits per heavy atom. The van der Waals surface area contributed by atoms with Crippen LogP contribution in [0.5, 0.6) is 0 Å². The molecule has 2 aromatic rings. The second-order valence-electron chi connectivity index (χ2n) is 12.2. The molecule has 5 N–H and O–H groups in total. The van der Waals surface area contributed by atoms with Gasteiger partial charge in [0.15, 0.2) is 17.8 Å². The largest absolute Gasteiger partial charge is 0.464 e. The van der Waals surface area contributed by atoms with Crippen molar-refractivity contribution in [3.63, 3.8) is 0 Å². The van der Waals surface area contributed by atoms with Crippen molar-refractivity contribution >= 4 is 30.4 Å². The number of imidazole rings is 1. The molecule has 0 saturated heterocycles. The van der Waals surface area contributed by atoms with Gasteiger partial charge in [0.1, 0.15) is 23.7 Å². The Morgan fingerprint density at radius 2 is 1.65 bits per heavy atom. The summed E-state index contributed by atoms with van der Waals surface area (Å²) >= 11 is 0. The van der Waals surface area contributed by atoms with Gasteiger partial charge in [0.25, 0.3) is 0 Å². The maximum Gasteiger partial charge on any atom is 0.326 e. The molecule has 43 heavy (non-hydrogen) atoms. The monoisotopic (exact) mass is 627 g/mol. The summed E-state index contributed by atoms with van der Waals surface area (Å²) in [4.78, 5) is 25.5. The molecule has 0 aromatic carbocycles. The van der Waals surface area contributed by atoms with Crippen molar-refractivity contribution < 1.29 is 28.7 Å². The SMILES string of the molecule is CCCCCCOC(=O)C(C)(C)NP(=O)(CO[C@H](C)Cn1cnc2c(N)ncnc21)NC(C)(C)C(O)OCCCCCC. The van der Waals surface area contributed by atoms with Gasteiger partial charge in [-0.3, -0.25) is 9.36 Å². The number of rotatable bonds is 22. The number of carbonyl (C=O) groups excluding carboxylic acids is 1. The highest BCUT2D eigenvalue weighted by atomic mass is 31.2. The fraction of sp³-hybridized carbons (Fsp3) is 0.793. The van der Waals surface area contributed by atoms with Crippen LogP contribution >= 0.6 is 7.44 Å². The molecule has 246 valence electrons. The van der Waals surface area contributed by atoms with Crippen LogP contribution in [0.25, 0.3) is 11.2 Å². The Kier molecular flexibility index (Phi) is 15.0. The predicted molar refractivity (Wildman–Crippen MR) is 168 cm³/mol. The second kappa shape index (κ2) is 17.4. The molecule has 0 saturated carbocycles. The Balaban J connectivity index is 2.14. The molecule has 2 aromatic heterocycles. The zero-order valence-electron chi connectivity index (χ0n) is 27.1. The van der Waals surface area contributed by atoms with Crippen molar-refractivity contribution in [3.8, 4) is 0 Å². The first-order chi connectivity index (χ1) is 20.2. The highest BCUT2D eigenvalue weighted by Gasteiger charge is 2.42. The number of anilines is 1. The molecule has 0 amide bonds. The van der Waals surface area contributed by atoms with Gasteiger partial charge in [-0.15, -0.1) is 0 Å². The number of nitrogens with zero attached hydrogens (tertiary/aromatic N) is 4. The lowest BCUT2D eigenvalue weighted by atomic mass is 10.1. The number of nitrogens with two attached hydrogens (primary N) is 1. The van der Waals surface area contributed by atoms with Gasteiger partial charge in [0.05, 0.1) is 31.1 Å². The smallest absolute Gasteiger partial charge is 0.326 e. The molecule has 14 heteroatoms. The highest BCUT2D eigenvalue weighted by molar-refractivity contribution is 7.59. The lowest BCUT2D eigenvalue weighted by Gasteiger charge is -2.38. The second-order valence-corrected chi connectivity index (χ2v) is 14.4. The van der Waals surface area contributed by atoms with E-state index in [2.05, 4.69) is 39.0 Å². The van der Waals surface area contributed by atoms with Gasteiger partial charge in [-0.05, 0) is 47.5 Å². The Hall–Kier alpha value is -2.15. The van der Waals surface area contributed by atoms with Crippen molar-refractivity contribution in [2.75, 3.05) is 25.3 Å². The molecule has 0 aliphatic rings. The average molecular weight is 628 g/mol. The minimum absolute atomic E-state index is 0.280. The molecular weight excluding hydrogens is 573 g/mol. The molecule has 2 heterocycles. The molecule has 13 nitrogen and oxygen atoms in total. The summed E-state index contributed by atoms with van der Waals surface area (Å²) in [6.45, 7) is 13.7. The number of carbonyl (C=O) groups is 1. The van der Waals surface area contributed by atoms with E-state index in [9.17, 15) is 14.5 Å². The number of aliphatic hydroxyl groups excluding tert-OH is 1. The Bertz CT molecular complexity index is 1180. The minimum Gasteiger partial charge on any atom is -0.464 e. The molecule has 0 aliphatic carbocycles. The summed E-state index contributed by atoms with van der Waals surface area (Å²) in [5.74, 6) is -0.241. The molecular formula is C29H54N7O6P. The van der Waals surface area contributed by atoms with Gasteiger partial charge in [-0.2, -0.15) is 0 Å². The number of hydrogen-bond acceptors (Lipinski definition) is 10. The van der Waals surface area contributed by atoms with Crippen LogP contribution in [-0.2, 0) is 30.1 Å². The third-order valence-corrected chi connectivity index (χ3v) is 9.36. The van der Waals surface area contributed by atoms with E-state index in [0.29, 0.717) is 24.3 Å². The van der Waals surface area contributed by atoms with Crippen LogP contribution in [0.2, 0.25) is 0 Å². The van der Waals surface area contributed by atoms with Crippen LogP contribution in [0.4, 0.5) is 5.82 Å². The van der Waals surface area contributed by atoms with Gasteiger partial charge in [-0.25, -0.2) is 25.1 Å². The Labute approximate surface area is 256 Å². The normalized spacial score (nSPS) is 15.3. The minimum atomic E-state index is -3.70. The van der Waals surface area contributed by atoms with Gasteiger partial charge in [0.2, 0.25) is 7.44 Å². The summed E-state index contributed by atoms with van der Waals surface area (Å²) < 4.78 is 33.5. The van der Waals surface area contributed by atoms with E-state index in [1.165, 1.54) is 6.33 Å². The van der Waals surface area contributed by atoms with Crippen molar-refractivity contribution in [1.29, 1.82) is 0 Å². The fourth-order valence-corrected chi connectivity index (χ4v) is 7.20. The summed E-state index contributed by atoms with van der Waals surface area (Å²) in [7, 11) is -3.70. The summed E-state index contributed by atoms with van der Waals surface area (Å²) in [6, 6.07) is 0. The molecule has 0 bridgehead atoms. The molecule has 2 rings (SSSR count). The number of nitrogen functional groups attached to an aromatic ring is 1. The standard InChI is InChI=1S/C29H54N7O6P/c1-8-10-12-14-16-40-26(37)28(4,5)34-43(39,35-29(6,7)27(38)41-17-15-13-11-9-2)21-42-22(3)18-36-20-33-23-24(30)31-19-32-25(23)36/h19-20,22,26,37H,8-18,21H2,1-7H3,(H2,30,31,32)(H2,34,35,39)/t22-,26?,43?/m1/s1. The van der Waals surface area contributed by atoms with E-state index >= 15 is 0 Å². The zero-order chi connectivity index (χ0) is 32.1. The molecule has 0 spiro atoms. The predicted octanol–water partition coefficient (Wildman–Crippen LogP) is 4.74. The van der Waals surface area contributed by atoms with Crippen LogP contribution in [0.15, 0.2) is 12.7 Å². The van der Waals surface area contributed by atoms with Crippen LogP contribution in [-0.4, -0.2) is 73.6 Å². The Morgan fingerprint density at radius 1 is 1.00 bits per heavy atom.